The minimum absolute atomic E-state index is 0.185. The van der Waals surface area contributed by atoms with E-state index >= 15 is 0 Å². The van der Waals surface area contributed by atoms with Gasteiger partial charge < -0.3 is 20.4 Å². The van der Waals surface area contributed by atoms with E-state index in [0.29, 0.717) is 0 Å². The number of hydrogen-bond donors (Lipinski definition) is 4. The lowest BCUT2D eigenvalue weighted by Gasteiger charge is -2.54. The van der Waals surface area contributed by atoms with Crippen LogP contribution in [0.15, 0.2) is 12.7 Å². The number of hydrogen-bond acceptors (Lipinski definition) is 4. The van der Waals surface area contributed by atoms with Crippen LogP contribution >= 0.6 is 0 Å². The van der Waals surface area contributed by atoms with E-state index < -0.39 is 28.8 Å². The maximum atomic E-state index is 10.6. The van der Waals surface area contributed by atoms with Crippen LogP contribution in [0.3, 0.4) is 0 Å². The van der Waals surface area contributed by atoms with Gasteiger partial charge in [0.25, 0.3) is 0 Å². The van der Waals surface area contributed by atoms with Gasteiger partial charge in [-0.25, -0.2) is 0 Å². The Bertz CT molecular complexity index is 277. The molecule has 4 heteroatoms. The minimum atomic E-state index is -1.60. The summed E-state index contributed by atoms with van der Waals surface area (Å²) < 4.78 is 0. The molecule has 0 aliphatic rings. The Morgan fingerprint density at radius 1 is 0.941 bits per heavy atom. The van der Waals surface area contributed by atoms with Gasteiger partial charge in [0.2, 0.25) is 0 Å². The summed E-state index contributed by atoms with van der Waals surface area (Å²) >= 11 is 0. The average molecular weight is 246 g/mol. The molecule has 0 aliphatic carbocycles. The highest BCUT2D eigenvalue weighted by Gasteiger charge is 2.58. The van der Waals surface area contributed by atoms with Crippen molar-refractivity contribution in [3.63, 3.8) is 0 Å². The molecule has 17 heavy (non-hydrogen) atoms. The van der Waals surface area contributed by atoms with Crippen molar-refractivity contribution in [2.24, 2.45) is 5.41 Å². The van der Waals surface area contributed by atoms with Gasteiger partial charge in [-0.3, -0.25) is 0 Å². The predicted octanol–water partition coefficient (Wildman–Crippen LogP) is 0.834. The van der Waals surface area contributed by atoms with Crippen LogP contribution in [0.2, 0.25) is 0 Å². The van der Waals surface area contributed by atoms with Gasteiger partial charge in [-0.1, -0.05) is 19.9 Å². The first-order chi connectivity index (χ1) is 7.37. The lowest BCUT2D eigenvalue weighted by molar-refractivity contribution is -0.245. The molecule has 0 aliphatic heterocycles. The van der Waals surface area contributed by atoms with Crippen LogP contribution in [0.25, 0.3) is 0 Å². The first kappa shape index (κ1) is 16.6. The standard InChI is InChI=1S/C13H26O4/c1-7-8-11(4,15)13(6,17)10(2,3)12(5,16)9-14/h7,14-17H,1,8-9H2,2-6H3. The Morgan fingerprint density at radius 2 is 1.35 bits per heavy atom. The molecule has 0 fully saturated rings. The van der Waals surface area contributed by atoms with Crippen molar-refractivity contribution in [2.75, 3.05) is 6.61 Å². The maximum absolute atomic E-state index is 10.6. The van der Waals surface area contributed by atoms with Crippen molar-refractivity contribution >= 4 is 0 Å². The van der Waals surface area contributed by atoms with Gasteiger partial charge in [-0.2, -0.15) is 0 Å². The quantitative estimate of drug-likeness (QED) is 0.523. The summed E-state index contributed by atoms with van der Waals surface area (Å²) in [6, 6.07) is 0. The predicted molar refractivity (Wildman–Crippen MR) is 67.6 cm³/mol. The van der Waals surface area contributed by atoms with Gasteiger partial charge in [0.1, 0.15) is 0 Å². The van der Waals surface area contributed by atoms with Gasteiger partial charge in [0.15, 0.2) is 0 Å². The monoisotopic (exact) mass is 246 g/mol. The van der Waals surface area contributed by atoms with E-state index in [1.54, 1.807) is 13.8 Å². The normalized spacial score (nSPS) is 23.4. The van der Waals surface area contributed by atoms with Crippen LogP contribution in [0.5, 0.6) is 0 Å². The van der Waals surface area contributed by atoms with Crippen molar-refractivity contribution in [3.8, 4) is 0 Å². The summed E-state index contributed by atoms with van der Waals surface area (Å²) in [5.41, 5.74) is -5.67. The van der Waals surface area contributed by atoms with Gasteiger partial charge in [0, 0.05) is 5.41 Å². The summed E-state index contributed by atoms with van der Waals surface area (Å²) in [7, 11) is 0. The van der Waals surface area contributed by atoms with E-state index in [0.717, 1.165) is 0 Å². The van der Waals surface area contributed by atoms with Crippen molar-refractivity contribution in [2.45, 2.75) is 57.8 Å². The van der Waals surface area contributed by atoms with E-state index in [1.807, 2.05) is 0 Å². The number of aliphatic hydroxyl groups is 4. The highest BCUT2D eigenvalue weighted by Crippen LogP contribution is 2.47. The van der Waals surface area contributed by atoms with Gasteiger partial charge in [-0.05, 0) is 27.2 Å². The molecular formula is C13H26O4. The molecule has 0 saturated heterocycles. The molecule has 3 atom stereocenters. The highest BCUT2D eigenvalue weighted by molar-refractivity contribution is 5.10. The van der Waals surface area contributed by atoms with Crippen LogP contribution in [-0.4, -0.2) is 43.8 Å². The molecule has 0 aromatic rings. The third-order valence-electron chi connectivity index (χ3n) is 4.46. The maximum Gasteiger partial charge on any atom is 0.0984 e. The van der Waals surface area contributed by atoms with Crippen molar-refractivity contribution in [1.82, 2.24) is 0 Å². The fourth-order valence-corrected chi connectivity index (χ4v) is 1.88. The third-order valence-corrected chi connectivity index (χ3v) is 4.46. The van der Waals surface area contributed by atoms with Gasteiger partial charge in [-0.15, -0.1) is 6.58 Å². The van der Waals surface area contributed by atoms with Crippen LogP contribution < -0.4 is 0 Å². The van der Waals surface area contributed by atoms with E-state index in [-0.39, 0.29) is 6.42 Å². The second-order valence-corrected chi connectivity index (χ2v) is 5.90. The average Bonchev–Trinajstić information content (AvgIpc) is 2.16. The van der Waals surface area contributed by atoms with Crippen molar-refractivity contribution in [3.05, 3.63) is 12.7 Å². The molecule has 0 aromatic heterocycles. The topological polar surface area (TPSA) is 80.9 Å². The summed E-state index contributed by atoms with van der Waals surface area (Å²) in [6.45, 7) is 10.6. The molecule has 0 aromatic carbocycles. The molecule has 0 saturated carbocycles. The lowest BCUT2D eigenvalue weighted by Crippen LogP contribution is -2.66. The zero-order valence-corrected chi connectivity index (χ0v) is 11.5. The molecule has 3 unspecified atom stereocenters. The molecule has 0 amide bonds. The molecule has 0 spiro atoms. The first-order valence-corrected chi connectivity index (χ1v) is 5.76. The van der Waals surface area contributed by atoms with E-state index in [1.165, 1.54) is 26.8 Å². The van der Waals surface area contributed by atoms with Crippen LogP contribution in [-0.2, 0) is 0 Å². The fourth-order valence-electron chi connectivity index (χ4n) is 1.88. The van der Waals surface area contributed by atoms with E-state index in [2.05, 4.69) is 6.58 Å². The first-order valence-electron chi connectivity index (χ1n) is 5.76. The van der Waals surface area contributed by atoms with E-state index in [9.17, 15) is 20.4 Å². The molecule has 0 radical (unpaired) electrons. The summed E-state index contributed by atoms with van der Waals surface area (Å²) in [4.78, 5) is 0. The zero-order chi connectivity index (χ0) is 14.1. The SMILES string of the molecule is C=CCC(C)(O)C(C)(O)C(C)(C)C(C)(O)CO. The van der Waals surface area contributed by atoms with Crippen LogP contribution in [0, 0.1) is 5.41 Å². The largest absolute Gasteiger partial charge is 0.393 e. The second kappa shape index (κ2) is 4.69. The highest BCUT2D eigenvalue weighted by atomic mass is 16.4. The second-order valence-electron chi connectivity index (χ2n) is 5.90. The van der Waals surface area contributed by atoms with Crippen molar-refractivity contribution in [1.29, 1.82) is 0 Å². The molecule has 4 N–H and O–H groups in total. The van der Waals surface area contributed by atoms with E-state index in [4.69, 9.17) is 0 Å². The lowest BCUT2D eigenvalue weighted by atomic mass is 9.59. The molecule has 0 heterocycles. The summed E-state index contributed by atoms with van der Waals surface area (Å²) in [5, 5.41) is 40.3. The molecule has 0 rings (SSSR count). The van der Waals surface area contributed by atoms with Gasteiger partial charge >= 0.3 is 0 Å². The summed E-state index contributed by atoms with van der Waals surface area (Å²) in [6.07, 6.45) is 1.70. The molecule has 4 nitrogen and oxygen atoms in total. The molecule has 0 bridgehead atoms. The Morgan fingerprint density at radius 3 is 1.65 bits per heavy atom. The van der Waals surface area contributed by atoms with Crippen molar-refractivity contribution < 1.29 is 20.4 Å². The van der Waals surface area contributed by atoms with Gasteiger partial charge in [0.05, 0.1) is 23.4 Å². The smallest absolute Gasteiger partial charge is 0.0984 e. The number of aliphatic hydroxyl groups excluding tert-OH is 1. The van der Waals surface area contributed by atoms with Crippen LogP contribution in [0.1, 0.15) is 41.0 Å². The summed E-state index contributed by atoms with van der Waals surface area (Å²) in [5.74, 6) is 0. The fraction of sp³-hybridized carbons (Fsp3) is 0.846. The Balaban J connectivity index is 5.51. The Hall–Kier alpha value is -0.420. The minimum Gasteiger partial charge on any atom is -0.393 e. The number of rotatable bonds is 6. The zero-order valence-electron chi connectivity index (χ0n) is 11.5. The third kappa shape index (κ3) is 2.55. The Labute approximate surface area is 104 Å². The Kier molecular flexibility index (Phi) is 4.57. The molecular weight excluding hydrogens is 220 g/mol. The molecule has 102 valence electrons. The van der Waals surface area contributed by atoms with Crippen LogP contribution in [0.4, 0.5) is 0 Å².